The van der Waals surface area contributed by atoms with Crippen molar-refractivity contribution in [2.75, 3.05) is 6.61 Å². The molecule has 1 heterocycles. The number of fused-ring (bicyclic) bond motifs is 10. The highest BCUT2D eigenvalue weighted by Crippen LogP contribution is 2.64. The molecular formula is C45H82O7. The number of hydrogen-bond donors (Lipinski definition) is 1. The van der Waals surface area contributed by atoms with Gasteiger partial charge in [-0.1, -0.05) is 72.3 Å². The molecular weight excluding hydrogens is 652 g/mol. The molecule has 0 amide bonds. The number of carboxylic acids is 1. The molecule has 1 saturated heterocycles. The Balaban J connectivity index is 0.00000225. The van der Waals surface area contributed by atoms with Crippen LogP contribution in [0.2, 0.25) is 0 Å². The topological polar surface area (TPSA) is 107 Å². The van der Waals surface area contributed by atoms with E-state index in [9.17, 15) is 24.3 Å². The summed E-state index contributed by atoms with van der Waals surface area (Å²) in [6, 6.07) is 0. The van der Waals surface area contributed by atoms with Crippen molar-refractivity contribution < 1.29 is 33.8 Å². The minimum Gasteiger partial charge on any atom is -0.481 e. The number of Topliss-reactive ketones (excluding diaryl/α,β-unsaturated/α-hetero) is 2. The summed E-state index contributed by atoms with van der Waals surface area (Å²) in [5.41, 5.74) is -1.09. The lowest BCUT2D eigenvalue weighted by atomic mass is 9.64. The summed E-state index contributed by atoms with van der Waals surface area (Å²) < 4.78 is 11.4. The predicted molar refractivity (Wildman–Crippen MR) is 213 cm³/mol. The summed E-state index contributed by atoms with van der Waals surface area (Å²) in [6.07, 6.45) is 13.0. The molecule has 6 saturated carbocycles. The number of carbonyl (C=O) groups is 4. The van der Waals surface area contributed by atoms with Crippen molar-refractivity contribution in [1.29, 1.82) is 0 Å². The lowest BCUT2D eigenvalue weighted by Gasteiger charge is -2.39. The molecule has 7 heteroatoms. The van der Waals surface area contributed by atoms with E-state index in [0.29, 0.717) is 96.6 Å². The third-order valence-corrected chi connectivity index (χ3v) is 15.2. The summed E-state index contributed by atoms with van der Waals surface area (Å²) in [7, 11) is 0. The van der Waals surface area contributed by atoms with Crippen LogP contribution in [0.4, 0.5) is 0 Å². The van der Waals surface area contributed by atoms with Crippen molar-refractivity contribution in [3.8, 4) is 0 Å². The van der Waals surface area contributed by atoms with E-state index in [2.05, 4.69) is 27.7 Å². The zero-order valence-electron chi connectivity index (χ0n) is 28.7. The zero-order chi connectivity index (χ0) is 32.5. The van der Waals surface area contributed by atoms with Gasteiger partial charge < -0.3 is 14.6 Å². The van der Waals surface area contributed by atoms with Gasteiger partial charge in [0.1, 0.15) is 11.6 Å². The van der Waals surface area contributed by atoms with E-state index in [-0.39, 0.29) is 68.7 Å². The van der Waals surface area contributed by atoms with Gasteiger partial charge in [0, 0.05) is 30.1 Å². The number of ketones is 2. The Morgan fingerprint density at radius 1 is 0.654 bits per heavy atom. The first-order chi connectivity index (χ1) is 21.9. The van der Waals surface area contributed by atoms with Crippen molar-refractivity contribution in [1.82, 2.24) is 0 Å². The van der Waals surface area contributed by atoms with Gasteiger partial charge in [-0.05, 0) is 136 Å². The Kier molecular flexibility index (Phi) is 16.9. The van der Waals surface area contributed by atoms with Gasteiger partial charge in [-0.3, -0.25) is 19.2 Å². The minimum absolute atomic E-state index is 0. The predicted octanol–water partition coefficient (Wildman–Crippen LogP) is 11.3. The van der Waals surface area contributed by atoms with Crippen LogP contribution in [0, 0.1) is 81.8 Å². The molecule has 14 atom stereocenters. The first-order valence-corrected chi connectivity index (χ1v) is 19.0. The summed E-state index contributed by atoms with van der Waals surface area (Å²) in [5.74, 6) is 4.82. The van der Waals surface area contributed by atoms with Crippen LogP contribution < -0.4 is 0 Å². The monoisotopic (exact) mass is 735 g/mol. The normalized spacial score (nSPS) is 38.7. The fourth-order valence-corrected chi connectivity index (χ4v) is 12.8. The molecule has 7 nitrogen and oxygen atoms in total. The van der Waals surface area contributed by atoms with Crippen LogP contribution in [0.15, 0.2) is 0 Å². The number of esters is 1. The lowest BCUT2D eigenvalue weighted by Crippen LogP contribution is -2.39. The molecule has 304 valence electrons. The molecule has 0 aromatic heterocycles. The van der Waals surface area contributed by atoms with Crippen LogP contribution in [0.1, 0.15) is 169 Å². The first kappa shape index (κ1) is 48.3. The number of carboxylic acid groups (broad SMARTS) is 1. The molecule has 1 N–H and O–H groups in total. The Hall–Kier alpha value is -1.76. The van der Waals surface area contributed by atoms with E-state index in [4.69, 9.17) is 9.47 Å². The van der Waals surface area contributed by atoms with Gasteiger partial charge in [-0.15, -0.1) is 0 Å². The largest absolute Gasteiger partial charge is 0.481 e. The highest BCUT2D eigenvalue weighted by Gasteiger charge is 2.59. The molecule has 0 spiro atoms. The second kappa shape index (κ2) is 18.2. The maximum Gasteiger partial charge on any atom is 0.311 e. The van der Waals surface area contributed by atoms with Crippen molar-refractivity contribution >= 4 is 23.5 Å². The third kappa shape index (κ3) is 8.70. The molecule has 7 aliphatic rings. The molecule has 52 heavy (non-hydrogen) atoms. The van der Waals surface area contributed by atoms with Gasteiger partial charge in [-0.2, -0.15) is 0 Å². The molecule has 6 aliphatic carbocycles. The average molecular weight is 735 g/mol. The molecule has 4 bridgehead atoms. The maximum absolute atomic E-state index is 14.0. The van der Waals surface area contributed by atoms with Crippen molar-refractivity contribution in [2.45, 2.75) is 175 Å². The summed E-state index contributed by atoms with van der Waals surface area (Å²) in [6.45, 7) is 8.99. The van der Waals surface area contributed by atoms with E-state index < -0.39 is 16.8 Å². The molecule has 0 radical (unpaired) electrons. The SMILES string of the molecule is C.C.C.C.C.C.CCC(C)(CC(C)(C)C(=O)CC1CC2CC1C1CC(C(=O)OC3CCCCO3)CC21)C(=O)CC1CC2CC1C1CC(C(=O)O)CC21. The second-order valence-electron chi connectivity index (χ2n) is 18.1. The first-order valence-electron chi connectivity index (χ1n) is 19.0. The zero-order valence-corrected chi connectivity index (χ0v) is 28.7. The van der Waals surface area contributed by atoms with Crippen LogP contribution in [0.5, 0.6) is 0 Å². The van der Waals surface area contributed by atoms with Crippen LogP contribution in [-0.2, 0) is 28.7 Å². The minimum atomic E-state index is -0.644. The number of aliphatic carboxylic acids is 1. The van der Waals surface area contributed by atoms with Gasteiger partial charge in [0.2, 0.25) is 6.29 Å². The fourth-order valence-electron chi connectivity index (χ4n) is 12.8. The smallest absolute Gasteiger partial charge is 0.311 e. The van der Waals surface area contributed by atoms with E-state index in [0.717, 1.165) is 64.2 Å². The van der Waals surface area contributed by atoms with Crippen molar-refractivity contribution in [3.63, 3.8) is 0 Å². The molecule has 7 rings (SSSR count). The van der Waals surface area contributed by atoms with Crippen molar-refractivity contribution in [2.24, 2.45) is 81.8 Å². The van der Waals surface area contributed by atoms with Crippen LogP contribution >= 0.6 is 0 Å². The molecule has 14 unspecified atom stereocenters. The summed E-state index contributed by atoms with van der Waals surface area (Å²) in [4.78, 5) is 52.7. The average Bonchev–Trinajstić information content (AvgIpc) is 3.84. The number of rotatable bonds is 12. The van der Waals surface area contributed by atoms with E-state index in [1.54, 1.807) is 0 Å². The Labute approximate surface area is 319 Å². The number of carbonyl (C=O) groups excluding carboxylic acids is 3. The van der Waals surface area contributed by atoms with Crippen LogP contribution in [-0.4, -0.2) is 41.5 Å². The molecule has 1 aliphatic heterocycles. The summed E-state index contributed by atoms with van der Waals surface area (Å²) in [5, 5.41) is 9.60. The van der Waals surface area contributed by atoms with Gasteiger partial charge in [0.05, 0.1) is 18.4 Å². The molecule has 7 fully saturated rings. The van der Waals surface area contributed by atoms with Gasteiger partial charge in [0.15, 0.2) is 0 Å². The van der Waals surface area contributed by atoms with Crippen LogP contribution in [0.25, 0.3) is 0 Å². The molecule has 0 aromatic carbocycles. The quantitative estimate of drug-likeness (QED) is 0.199. The second-order valence-corrected chi connectivity index (χ2v) is 18.1. The van der Waals surface area contributed by atoms with E-state index in [1.807, 2.05) is 0 Å². The Bertz CT molecular complexity index is 1220. The highest BCUT2D eigenvalue weighted by atomic mass is 16.7. The summed E-state index contributed by atoms with van der Waals surface area (Å²) >= 11 is 0. The van der Waals surface area contributed by atoms with Gasteiger partial charge >= 0.3 is 11.9 Å². The maximum atomic E-state index is 14.0. The van der Waals surface area contributed by atoms with E-state index in [1.165, 1.54) is 12.8 Å². The Morgan fingerprint density at radius 3 is 1.65 bits per heavy atom. The van der Waals surface area contributed by atoms with Gasteiger partial charge in [0.25, 0.3) is 0 Å². The number of ether oxygens (including phenoxy) is 2. The standard InChI is InChI=1S/C39H58O7.6CH4/c1-5-39(4,34(41)19-24-11-21-12-28(24)31-15-25(36(42)43)14-29(21)31)20-38(2,3)33(40)18-23-10-22-13-27(23)32-17-26(16-30(22)32)37(44)46-35-8-6-7-9-45-35;;;;;;/h21-32,35H,5-20H2,1-4H3,(H,42,43);6*1H4. The number of hydrogen-bond acceptors (Lipinski definition) is 6. The highest BCUT2D eigenvalue weighted by molar-refractivity contribution is 5.88. The van der Waals surface area contributed by atoms with Crippen molar-refractivity contribution in [3.05, 3.63) is 0 Å². The fraction of sp³-hybridized carbons (Fsp3) is 0.911. The van der Waals surface area contributed by atoms with Gasteiger partial charge in [-0.25, -0.2) is 0 Å². The van der Waals surface area contributed by atoms with Crippen LogP contribution in [0.3, 0.4) is 0 Å². The molecule has 0 aromatic rings. The Morgan fingerprint density at radius 2 is 1.15 bits per heavy atom. The third-order valence-electron chi connectivity index (χ3n) is 15.2. The van der Waals surface area contributed by atoms with E-state index >= 15 is 0 Å². The lowest BCUT2D eigenvalue weighted by molar-refractivity contribution is -0.191.